The second-order valence-electron chi connectivity index (χ2n) is 4.71. The van der Waals surface area contributed by atoms with E-state index >= 15 is 0 Å². The van der Waals surface area contributed by atoms with Gasteiger partial charge < -0.3 is 16.0 Å². The van der Waals surface area contributed by atoms with Gasteiger partial charge in [0.2, 0.25) is 0 Å². The van der Waals surface area contributed by atoms with Gasteiger partial charge in [-0.2, -0.15) is 5.10 Å². The SMILES string of the molecule is c1cc(NCC2CCNC2)n(C2CNC2)n1. The molecule has 1 atom stereocenters. The van der Waals surface area contributed by atoms with Crippen molar-refractivity contribution in [2.24, 2.45) is 5.92 Å². The lowest BCUT2D eigenvalue weighted by molar-refractivity contribution is 0.321. The summed E-state index contributed by atoms with van der Waals surface area (Å²) in [5, 5.41) is 14.6. The molecule has 2 aliphatic heterocycles. The van der Waals surface area contributed by atoms with Crippen LogP contribution in [0.15, 0.2) is 12.3 Å². The van der Waals surface area contributed by atoms with E-state index in [0.29, 0.717) is 6.04 Å². The Bertz CT molecular complexity index is 338. The molecule has 2 fully saturated rings. The highest BCUT2D eigenvalue weighted by Gasteiger charge is 2.22. The summed E-state index contributed by atoms with van der Waals surface area (Å²) < 4.78 is 2.11. The van der Waals surface area contributed by atoms with E-state index in [-0.39, 0.29) is 0 Å². The zero-order valence-electron chi connectivity index (χ0n) is 9.45. The largest absolute Gasteiger partial charge is 0.370 e. The lowest BCUT2D eigenvalue weighted by Crippen LogP contribution is -2.44. The molecule has 16 heavy (non-hydrogen) atoms. The number of aromatic nitrogens is 2. The zero-order chi connectivity index (χ0) is 10.8. The van der Waals surface area contributed by atoms with Gasteiger partial charge in [0.05, 0.1) is 12.2 Å². The van der Waals surface area contributed by atoms with Crippen molar-refractivity contribution in [3.05, 3.63) is 12.3 Å². The van der Waals surface area contributed by atoms with Crippen LogP contribution in [0.3, 0.4) is 0 Å². The summed E-state index contributed by atoms with van der Waals surface area (Å²) in [4.78, 5) is 0. The molecule has 5 nitrogen and oxygen atoms in total. The minimum absolute atomic E-state index is 0.541. The average molecular weight is 221 g/mol. The van der Waals surface area contributed by atoms with Crippen molar-refractivity contribution < 1.29 is 0 Å². The third kappa shape index (κ3) is 1.92. The van der Waals surface area contributed by atoms with Gasteiger partial charge in [0.15, 0.2) is 0 Å². The molecule has 0 bridgehead atoms. The quantitative estimate of drug-likeness (QED) is 0.672. The molecule has 88 valence electrons. The van der Waals surface area contributed by atoms with Crippen molar-refractivity contribution >= 4 is 5.82 Å². The zero-order valence-corrected chi connectivity index (χ0v) is 9.45. The Morgan fingerprint density at radius 1 is 1.38 bits per heavy atom. The Balaban J connectivity index is 1.58. The van der Waals surface area contributed by atoms with Gasteiger partial charge in [-0.15, -0.1) is 0 Å². The molecule has 2 aliphatic rings. The number of hydrogen-bond acceptors (Lipinski definition) is 4. The maximum Gasteiger partial charge on any atom is 0.124 e. The van der Waals surface area contributed by atoms with E-state index in [2.05, 4.69) is 31.8 Å². The molecule has 0 spiro atoms. The van der Waals surface area contributed by atoms with Gasteiger partial charge in [-0.05, 0) is 25.4 Å². The van der Waals surface area contributed by atoms with Crippen molar-refractivity contribution in [3.8, 4) is 0 Å². The molecule has 3 N–H and O–H groups in total. The van der Waals surface area contributed by atoms with Crippen LogP contribution in [0.5, 0.6) is 0 Å². The summed E-state index contributed by atoms with van der Waals surface area (Å²) in [6.45, 7) is 5.45. The molecule has 3 rings (SSSR count). The first-order valence-electron chi connectivity index (χ1n) is 6.12. The van der Waals surface area contributed by atoms with Gasteiger partial charge in [-0.1, -0.05) is 0 Å². The van der Waals surface area contributed by atoms with Crippen molar-refractivity contribution in [3.63, 3.8) is 0 Å². The third-order valence-corrected chi connectivity index (χ3v) is 3.51. The van der Waals surface area contributed by atoms with E-state index in [0.717, 1.165) is 38.6 Å². The fourth-order valence-electron chi connectivity index (χ4n) is 2.33. The summed E-state index contributed by atoms with van der Waals surface area (Å²) in [5.41, 5.74) is 0. The van der Waals surface area contributed by atoms with Crippen LogP contribution in [0, 0.1) is 5.92 Å². The molecule has 3 heterocycles. The van der Waals surface area contributed by atoms with Gasteiger partial charge in [-0.25, -0.2) is 4.68 Å². The standard InChI is InChI=1S/C11H19N5/c1-3-12-5-9(1)6-14-11-2-4-15-16(11)10-7-13-8-10/h2,4,9-10,12-14H,1,3,5-8H2. The van der Waals surface area contributed by atoms with Crippen LogP contribution >= 0.6 is 0 Å². The normalized spacial score (nSPS) is 25.6. The van der Waals surface area contributed by atoms with Crippen LogP contribution in [0.1, 0.15) is 12.5 Å². The molecule has 2 saturated heterocycles. The van der Waals surface area contributed by atoms with E-state index < -0.39 is 0 Å². The molecule has 0 saturated carbocycles. The van der Waals surface area contributed by atoms with Gasteiger partial charge in [0.25, 0.3) is 0 Å². The number of hydrogen-bond donors (Lipinski definition) is 3. The van der Waals surface area contributed by atoms with Crippen molar-refractivity contribution in [1.82, 2.24) is 20.4 Å². The molecular weight excluding hydrogens is 202 g/mol. The predicted octanol–water partition coefficient (Wildman–Crippen LogP) is 0.0488. The summed E-state index contributed by atoms with van der Waals surface area (Å²) >= 11 is 0. The van der Waals surface area contributed by atoms with E-state index in [9.17, 15) is 0 Å². The van der Waals surface area contributed by atoms with E-state index in [1.165, 1.54) is 12.2 Å². The van der Waals surface area contributed by atoms with Crippen LogP contribution in [-0.4, -0.2) is 42.5 Å². The van der Waals surface area contributed by atoms with E-state index in [1.807, 2.05) is 6.20 Å². The van der Waals surface area contributed by atoms with Crippen LogP contribution < -0.4 is 16.0 Å². The number of anilines is 1. The fraction of sp³-hybridized carbons (Fsp3) is 0.727. The Morgan fingerprint density at radius 3 is 3.00 bits per heavy atom. The molecule has 5 heteroatoms. The first-order valence-corrected chi connectivity index (χ1v) is 6.12. The van der Waals surface area contributed by atoms with Crippen molar-refractivity contribution in [2.75, 3.05) is 38.0 Å². The Morgan fingerprint density at radius 2 is 2.31 bits per heavy atom. The number of rotatable bonds is 4. The predicted molar refractivity (Wildman–Crippen MR) is 63.6 cm³/mol. The highest BCUT2D eigenvalue weighted by Crippen LogP contribution is 2.18. The molecule has 0 amide bonds. The molecule has 1 unspecified atom stereocenters. The molecule has 1 aromatic heterocycles. The average Bonchev–Trinajstić information content (AvgIpc) is 2.82. The minimum atomic E-state index is 0.541. The summed E-state index contributed by atoms with van der Waals surface area (Å²) in [6.07, 6.45) is 3.17. The summed E-state index contributed by atoms with van der Waals surface area (Å²) in [6, 6.07) is 2.61. The lowest BCUT2D eigenvalue weighted by Gasteiger charge is -2.29. The first kappa shape index (κ1) is 10.1. The van der Waals surface area contributed by atoms with Gasteiger partial charge >= 0.3 is 0 Å². The molecule has 0 aliphatic carbocycles. The highest BCUT2D eigenvalue weighted by atomic mass is 15.4. The van der Waals surface area contributed by atoms with Crippen molar-refractivity contribution in [2.45, 2.75) is 12.5 Å². The summed E-state index contributed by atoms with van der Waals surface area (Å²) in [5.74, 6) is 1.93. The maximum absolute atomic E-state index is 4.38. The second-order valence-corrected chi connectivity index (χ2v) is 4.71. The number of nitrogens with one attached hydrogen (secondary N) is 3. The minimum Gasteiger partial charge on any atom is -0.370 e. The molecule has 0 radical (unpaired) electrons. The van der Waals surface area contributed by atoms with E-state index in [4.69, 9.17) is 0 Å². The van der Waals surface area contributed by atoms with Crippen LogP contribution in [0.4, 0.5) is 5.82 Å². The Hall–Kier alpha value is -1.07. The molecule has 0 aromatic carbocycles. The van der Waals surface area contributed by atoms with Gasteiger partial charge in [0, 0.05) is 25.7 Å². The second kappa shape index (κ2) is 4.43. The van der Waals surface area contributed by atoms with Gasteiger partial charge in [-0.3, -0.25) is 0 Å². The monoisotopic (exact) mass is 221 g/mol. The number of nitrogens with zero attached hydrogens (tertiary/aromatic N) is 2. The van der Waals surface area contributed by atoms with Crippen LogP contribution in [0.2, 0.25) is 0 Å². The topological polar surface area (TPSA) is 53.9 Å². The molecular formula is C11H19N5. The van der Waals surface area contributed by atoms with E-state index in [1.54, 1.807) is 0 Å². The first-order chi connectivity index (χ1) is 7.93. The smallest absolute Gasteiger partial charge is 0.124 e. The van der Waals surface area contributed by atoms with Crippen molar-refractivity contribution in [1.29, 1.82) is 0 Å². The Kier molecular flexibility index (Phi) is 2.80. The van der Waals surface area contributed by atoms with Crippen LogP contribution in [-0.2, 0) is 0 Å². The van der Waals surface area contributed by atoms with Crippen LogP contribution in [0.25, 0.3) is 0 Å². The highest BCUT2D eigenvalue weighted by molar-refractivity contribution is 5.35. The fourth-order valence-corrected chi connectivity index (χ4v) is 2.33. The summed E-state index contributed by atoms with van der Waals surface area (Å²) in [7, 11) is 0. The third-order valence-electron chi connectivity index (χ3n) is 3.51. The molecule has 1 aromatic rings. The Labute approximate surface area is 95.6 Å². The van der Waals surface area contributed by atoms with Gasteiger partial charge in [0.1, 0.15) is 5.82 Å². The maximum atomic E-state index is 4.38. The lowest BCUT2D eigenvalue weighted by atomic mass is 10.1.